The van der Waals surface area contributed by atoms with Crippen LogP contribution in [0.1, 0.15) is 12.8 Å². The van der Waals surface area contributed by atoms with Gasteiger partial charge in [-0.3, -0.25) is 0 Å². The van der Waals surface area contributed by atoms with Gasteiger partial charge in [0.2, 0.25) is 0 Å². The Balaban J connectivity index is 2.29. The normalized spacial score (nSPS) is 19.9. The van der Waals surface area contributed by atoms with Crippen LogP contribution in [0.2, 0.25) is 0 Å². The summed E-state index contributed by atoms with van der Waals surface area (Å²) in [6.07, 6.45) is 2.54. The second kappa shape index (κ2) is 3.95. The minimum absolute atomic E-state index is 0.290. The lowest BCUT2D eigenvalue weighted by atomic mass is 10.1. The summed E-state index contributed by atoms with van der Waals surface area (Å²) in [5.74, 6) is 1.66. The molecular weight excluding hydrogens is 216 g/mol. The summed E-state index contributed by atoms with van der Waals surface area (Å²) in [4.78, 5) is 1.39. The Morgan fingerprint density at radius 1 is 1.00 bits per heavy atom. The highest BCUT2D eigenvalue weighted by atomic mass is 32.2. The van der Waals surface area contributed by atoms with Crippen molar-refractivity contribution in [1.82, 2.24) is 0 Å². The Kier molecular flexibility index (Phi) is 2.44. The number of aromatic hydroxyl groups is 1. The van der Waals surface area contributed by atoms with E-state index in [-0.39, 0.29) is 0 Å². The molecule has 0 saturated heterocycles. The van der Waals surface area contributed by atoms with Gasteiger partial charge in [-0.1, -0.05) is 29.6 Å². The van der Waals surface area contributed by atoms with Crippen molar-refractivity contribution in [3.8, 4) is 5.75 Å². The van der Waals surface area contributed by atoms with E-state index >= 15 is 0 Å². The predicted molar refractivity (Wildman–Crippen MR) is 71.6 cm³/mol. The molecule has 0 aliphatic carbocycles. The first-order chi connectivity index (χ1) is 7.86. The van der Waals surface area contributed by atoms with Crippen LogP contribution in [0.4, 0.5) is 0 Å². The number of hydrogen-bond donors (Lipinski definition) is 1. The zero-order valence-corrected chi connectivity index (χ0v) is 9.83. The van der Waals surface area contributed by atoms with Crippen LogP contribution in [0.5, 0.6) is 5.75 Å². The fourth-order valence-corrected chi connectivity index (χ4v) is 4.43. The van der Waals surface area contributed by atoms with Crippen molar-refractivity contribution >= 4 is 26.6 Å². The van der Waals surface area contributed by atoms with E-state index < -0.39 is 0 Å². The Morgan fingerprint density at radius 3 is 2.56 bits per heavy atom. The van der Waals surface area contributed by atoms with Crippen LogP contribution in [0, 0.1) is 0 Å². The standard InChI is InChI=1S/C14H14OS/c15-13-7-8-14(16-9-3-4-10-16)12-6-2-1-5-11(12)13/h1-2,5-9,15H,3-4,10H2. The van der Waals surface area contributed by atoms with Gasteiger partial charge < -0.3 is 5.11 Å². The number of phenolic OH excluding ortho intramolecular Hbond substituents is 1. The van der Waals surface area contributed by atoms with Crippen LogP contribution < -0.4 is 0 Å². The lowest BCUT2D eigenvalue weighted by Crippen LogP contribution is -1.82. The fourth-order valence-electron chi connectivity index (χ4n) is 2.23. The highest BCUT2D eigenvalue weighted by Crippen LogP contribution is 2.39. The first-order valence-electron chi connectivity index (χ1n) is 5.60. The van der Waals surface area contributed by atoms with E-state index in [2.05, 4.69) is 17.5 Å². The molecule has 1 aliphatic heterocycles. The first kappa shape index (κ1) is 9.91. The molecule has 2 aromatic carbocycles. The maximum atomic E-state index is 9.83. The third-order valence-electron chi connectivity index (χ3n) is 3.03. The van der Waals surface area contributed by atoms with Gasteiger partial charge in [0.15, 0.2) is 0 Å². The van der Waals surface area contributed by atoms with Crippen LogP contribution >= 0.6 is 10.5 Å². The van der Waals surface area contributed by atoms with Crippen molar-refractivity contribution in [3.05, 3.63) is 36.4 Å². The van der Waals surface area contributed by atoms with Crippen LogP contribution in [-0.4, -0.2) is 16.2 Å². The van der Waals surface area contributed by atoms with E-state index in [1.165, 1.54) is 28.9 Å². The molecule has 0 bridgehead atoms. The van der Waals surface area contributed by atoms with Crippen LogP contribution in [0.3, 0.4) is 0 Å². The summed E-state index contributed by atoms with van der Waals surface area (Å²) in [5.41, 5.74) is 0. The van der Waals surface area contributed by atoms with Gasteiger partial charge in [0.25, 0.3) is 0 Å². The molecule has 2 heteroatoms. The predicted octanol–water partition coefficient (Wildman–Crippen LogP) is 3.77. The number of hydrogen-bond acceptors (Lipinski definition) is 1. The third kappa shape index (κ3) is 1.54. The van der Waals surface area contributed by atoms with Crippen LogP contribution in [0.25, 0.3) is 10.8 Å². The zero-order chi connectivity index (χ0) is 11.0. The average molecular weight is 230 g/mol. The quantitative estimate of drug-likeness (QED) is 0.739. The number of fused-ring (bicyclic) bond motifs is 1. The Labute approximate surface area is 97.7 Å². The summed E-state index contributed by atoms with van der Waals surface area (Å²) in [6, 6.07) is 12.1. The van der Waals surface area contributed by atoms with E-state index in [1.54, 1.807) is 0 Å². The first-order valence-corrected chi connectivity index (χ1v) is 7.06. The zero-order valence-electron chi connectivity index (χ0n) is 9.02. The second-order valence-electron chi connectivity index (χ2n) is 4.07. The molecular formula is C14H14OS. The summed E-state index contributed by atoms with van der Waals surface area (Å²) >= 11 is 0. The largest absolute Gasteiger partial charge is 0.507 e. The van der Waals surface area contributed by atoms with Crippen molar-refractivity contribution in [2.24, 2.45) is 0 Å². The highest BCUT2D eigenvalue weighted by molar-refractivity contribution is 8.15. The van der Waals surface area contributed by atoms with Gasteiger partial charge in [-0.05, 0) is 36.1 Å². The SMILES string of the molecule is Oc1ccc(S2=CCCC2)c2ccccc12. The van der Waals surface area contributed by atoms with Gasteiger partial charge >= 0.3 is 0 Å². The maximum absolute atomic E-state index is 9.83. The number of benzene rings is 2. The molecule has 1 aliphatic rings. The van der Waals surface area contributed by atoms with E-state index in [4.69, 9.17) is 0 Å². The smallest absolute Gasteiger partial charge is 0.123 e. The molecule has 1 nitrogen and oxygen atoms in total. The van der Waals surface area contributed by atoms with Gasteiger partial charge in [-0.25, -0.2) is 0 Å². The fraction of sp³-hybridized carbons (Fsp3) is 0.214. The molecule has 0 spiro atoms. The van der Waals surface area contributed by atoms with Crippen molar-refractivity contribution in [2.45, 2.75) is 17.7 Å². The van der Waals surface area contributed by atoms with Gasteiger partial charge in [0, 0.05) is 10.3 Å². The molecule has 2 aromatic rings. The molecule has 0 fully saturated rings. The number of rotatable bonds is 1. The van der Waals surface area contributed by atoms with Crippen molar-refractivity contribution in [3.63, 3.8) is 0 Å². The lowest BCUT2D eigenvalue weighted by Gasteiger charge is -2.09. The van der Waals surface area contributed by atoms with Crippen LogP contribution in [-0.2, 0) is 0 Å². The molecule has 0 saturated carbocycles. The Hall–Kier alpha value is -1.28. The summed E-state index contributed by atoms with van der Waals surface area (Å²) in [5, 5.41) is 14.5. The van der Waals surface area contributed by atoms with Gasteiger partial charge in [-0.15, -0.1) is 0 Å². The van der Waals surface area contributed by atoms with Gasteiger partial charge in [0.05, 0.1) is 0 Å². The lowest BCUT2D eigenvalue weighted by molar-refractivity contribution is 0.481. The molecule has 16 heavy (non-hydrogen) atoms. The average Bonchev–Trinajstić information content (AvgIpc) is 2.83. The molecule has 1 unspecified atom stereocenters. The van der Waals surface area contributed by atoms with Crippen LogP contribution in [0.15, 0.2) is 41.3 Å². The molecule has 0 aromatic heterocycles. The van der Waals surface area contributed by atoms with E-state index in [1.807, 2.05) is 24.3 Å². The van der Waals surface area contributed by atoms with Crippen molar-refractivity contribution < 1.29 is 5.11 Å². The van der Waals surface area contributed by atoms with Crippen molar-refractivity contribution in [2.75, 3.05) is 5.75 Å². The van der Waals surface area contributed by atoms with E-state index in [0.717, 1.165) is 5.39 Å². The van der Waals surface area contributed by atoms with Gasteiger partial charge in [-0.2, -0.15) is 10.5 Å². The molecule has 82 valence electrons. The highest BCUT2D eigenvalue weighted by Gasteiger charge is 2.10. The monoisotopic (exact) mass is 230 g/mol. The van der Waals surface area contributed by atoms with Gasteiger partial charge in [0.1, 0.15) is 5.75 Å². The molecule has 1 atom stereocenters. The minimum atomic E-state index is 0.290. The molecule has 0 radical (unpaired) electrons. The summed E-state index contributed by atoms with van der Waals surface area (Å²) in [6.45, 7) is 0. The molecule has 3 rings (SSSR count). The number of phenols is 1. The third-order valence-corrected chi connectivity index (χ3v) is 5.32. The Morgan fingerprint density at radius 2 is 1.81 bits per heavy atom. The second-order valence-corrected chi connectivity index (χ2v) is 6.11. The maximum Gasteiger partial charge on any atom is 0.123 e. The Bertz CT molecular complexity index is 572. The summed E-state index contributed by atoms with van der Waals surface area (Å²) < 4.78 is 0. The topological polar surface area (TPSA) is 20.2 Å². The summed E-state index contributed by atoms with van der Waals surface area (Å²) in [7, 11) is 0.290. The molecule has 1 N–H and O–H groups in total. The molecule has 0 amide bonds. The van der Waals surface area contributed by atoms with E-state index in [9.17, 15) is 5.11 Å². The molecule has 1 heterocycles. The van der Waals surface area contributed by atoms with Crippen molar-refractivity contribution in [1.29, 1.82) is 0 Å². The van der Waals surface area contributed by atoms with E-state index in [0.29, 0.717) is 16.2 Å². The minimum Gasteiger partial charge on any atom is -0.507 e.